The second-order valence-corrected chi connectivity index (χ2v) is 10.8. The summed E-state index contributed by atoms with van der Waals surface area (Å²) in [5.74, 6) is 0. The Hall–Kier alpha value is 0.0700. The van der Waals surface area contributed by atoms with E-state index in [1.54, 1.807) is 0 Å². The SMILES string of the molecule is CCCCCCCCCCCCCCCCOP(=O)([O-])OCCCC[N+](C)(C)C. The molecule has 0 fully saturated rings. The highest BCUT2D eigenvalue weighted by molar-refractivity contribution is 7.45. The fraction of sp³-hybridized carbons (Fsp3) is 1.00. The number of hydrogen-bond acceptors (Lipinski definition) is 4. The first kappa shape index (κ1) is 29.1. The van der Waals surface area contributed by atoms with Crippen molar-refractivity contribution in [3.8, 4) is 0 Å². The second kappa shape index (κ2) is 18.8. The predicted molar refractivity (Wildman–Crippen MR) is 122 cm³/mol. The van der Waals surface area contributed by atoms with Crippen molar-refractivity contribution in [3.63, 3.8) is 0 Å². The van der Waals surface area contributed by atoms with Crippen LogP contribution in [-0.2, 0) is 13.6 Å². The molecule has 29 heavy (non-hydrogen) atoms. The number of unbranched alkanes of at least 4 members (excludes halogenated alkanes) is 14. The third kappa shape index (κ3) is 24.2. The molecule has 0 saturated carbocycles. The average Bonchev–Trinajstić information content (AvgIpc) is 2.63. The quantitative estimate of drug-likeness (QED) is 0.111. The molecule has 0 spiro atoms. The number of rotatable bonds is 22. The lowest BCUT2D eigenvalue weighted by atomic mass is 10.0. The maximum Gasteiger partial charge on any atom is 0.267 e. The van der Waals surface area contributed by atoms with Crippen LogP contribution in [0.5, 0.6) is 0 Å². The van der Waals surface area contributed by atoms with Crippen molar-refractivity contribution in [2.24, 2.45) is 0 Å². The maximum absolute atomic E-state index is 11.7. The summed E-state index contributed by atoms with van der Waals surface area (Å²) in [4.78, 5) is 11.7. The van der Waals surface area contributed by atoms with Crippen molar-refractivity contribution in [1.82, 2.24) is 0 Å². The van der Waals surface area contributed by atoms with Crippen molar-refractivity contribution in [2.45, 2.75) is 110 Å². The van der Waals surface area contributed by atoms with Gasteiger partial charge in [-0.1, -0.05) is 90.4 Å². The summed E-state index contributed by atoms with van der Waals surface area (Å²) in [7, 11) is 2.26. The van der Waals surface area contributed by atoms with Gasteiger partial charge in [-0.3, -0.25) is 4.57 Å². The minimum Gasteiger partial charge on any atom is -0.756 e. The van der Waals surface area contributed by atoms with Crippen LogP contribution >= 0.6 is 7.82 Å². The summed E-state index contributed by atoms with van der Waals surface area (Å²) >= 11 is 0. The fourth-order valence-electron chi connectivity index (χ4n) is 3.37. The Morgan fingerprint density at radius 3 is 1.34 bits per heavy atom. The van der Waals surface area contributed by atoms with Crippen LogP contribution in [0.1, 0.15) is 110 Å². The summed E-state index contributed by atoms with van der Waals surface area (Å²) < 4.78 is 22.5. The average molecular weight is 436 g/mol. The summed E-state index contributed by atoms with van der Waals surface area (Å²) in [6.07, 6.45) is 19.6. The molecule has 6 heteroatoms. The first-order valence-corrected chi connectivity index (χ1v) is 13.6. The van der Waals surface area contributed by atoms with Crippen LogP contribution in [0.2, 0.25) is 0 Å². The lowest BCUT2D eigenvalue weighted by Crippen LogP contribution is -2.35. The van der Waals surface area contributed by atoms with Crippen molar-refractivity contribution in [3.05, 3.63) is 0 Å². The van der Waals surface area contributed by atoms with Crippen LogP contribution in [-0.4, -0.2) is 45.4 Å². The van der Waals surface area contributed by atoms with Crippen LogP contribution in [0.15, 0.2) is 0 Å². The molecule has 0 aromatic heterocycles. The number of nitrogens with zero attached hydrogens (tertiary/aromatic N) is 1. The van der Waals surface area contributed by atoms with E-state index in [1.165, 1.54) is 70.6 Å². The van der Waals surface area contributed by atoms with Crippen LogP contribution in [0.4, 0.5) is 0 Å². The second-order valence-electron chi connectivity index (χ2n) is 9.43. The van der Waals surface area contributed by atoms with Gasteiger partial charge >= 0.3 is 0 Å². The Kier molecular flexibility index (Phi) is 18.9. The molecule has 0 saturated heterocycles. The van der Waals surface area contributed by atoms with Gasteiger partial charge in [-0.2, -0.15) is 0 Å². The topological polar surface area (TPSA) is 58.6 Å². The molecule has 0 aromatic carbocycles. The monoisotopic (exact) mass is 435 g/mol. The maximum atomic E-state index is 11.7. The first-order valence-electron chi connectivity index (χ1n) is 12.2. The van der Waals surface area contributed by atoms with E-state index in [-0.39, 0.29) is 13.2 Å². The Balaban J connectivity index is 3.33. The van der Waals surface area contributed by atoms with E-state index in [2.05, 4.69) is 28.1 Å². The fourth-order valence-corrected chi connectivity index (χ4v) is 4.15. The van der Waals surface area contributed by atoms with Gasteiger partial charge in [-0.15, -0.1) is 0 Å². The van der Waals surface area contributed by atoms with Gasteiger partial charge in [-0.25, -0.2) is 0 Å². The predicted octanol–water partition coefficient (Wildman–Crippen LogP) is 6.46. The molecule has 1 unspecified atom stereocenters. The Morgan fingerprint density at radius 1 is 0.621 bits per heavy atom. The van der Waals surface area contributed by atoms with E-state index in [9.17, 15) is 9.46 Å². The summed E-state index contributed by atoms with van der Waals surface area (Å²) in [6, 6.07) is 0. The van der Waals surface area contributed by atoms with Crippen molar-refractivity contribution in [1.29, 1.82) is 0 Å². The van der Waals surface area contributed by atoms with Gasteiger partial charge in [0.25, 0.3) is 7.82 Å². The molecule has 176 valence electrons. The van der Waals surface area contributed by atoms with Crippen LogP contribution in [0.3, 0.4) is 0 Å². The van der Waals surface area contributed by atoms with Gasteiger partial charge in [-0.05, 0) is 19.3 Å². The Morgan fingerprint density at radius 2 is 0.966 bits per heavy atom. The third-order valence-electron chi connectivity index (χ3n) is 5.22. The van der Waals surface area contributed by atoms with E-state index >= 15 is 0 Å². The van der Waals surface area contributed by atoms with E-state index in [0.717, 1.165) is 43.1 Å². The molecular formula is C23H50NO4P. The van der Waals surface area contributed by atoms with Gasteiger partial charge in [0.1, 0.15) is 0 Å². The molecule has 0 N–H and O–H groups in total. The zero-order valence-electron chi connectivity index (χ0n) is 20.0. The molecule has 0 aliphatic rings. The minimum absolute atomic E-state index is 0.222. The summed E-state index contributed by atoms with van der Waals surface area (Å²) in [5, 5.41) is 0. The van der Waals surface area contributed by atoms with E-state index in [4.69, 9.17) is 9.05 Å². The van der Waals surface area contributed by atoms with E-state index < -0.39 is 7.82 Å². The molecule has 0 aliphatic heterocycles. The molecular weight excluding hydrogens is 385 g/mol. The van der Waals surface area contributed by atoms with Crippen molar-refractivity contribution in [2.75, 3.05) is 40.9 Å². The van der Waals surface area contributed by atoms with Gasteiger partial charge in [0.05, 0.1) is 40.9 Å². The molecule has 0 radical (unpaired) electrons. The van der Waals surface area contributed by atoms with Gasteiger partial charge in [0.15, 0.2) is 0 Å². The lowest BCUT2D eigenvalue weighted by molar-refractivity contribution is -0.870. The van der Waals surface area contributed by atoms with Gasteiger partial charge < -0.3 is 18.4 Å². The Labute approximate surface area is 181 Å². The lowest BCUT2D eigenvalue weighted by Gasteiger charge is -2.25. The van der Waals surface area contributed by atoms with Crippen LogP contribution in [0.25, 0.3) is 0 Å². The Bertz CT molecular complexity index is 399. The first-order chi connectivity index (χ1) is 13.8. The number of phosphoric ester groups is 1. The number of hydrogen-bond donors (Lipinski definition) is 0. The van der Waals surface area contributed by atoms with Gasteiger partial charge in [0, 0.05) is 0 Å². The summed E-state index contributed by atoms with van der Waals surface area (Å²) in [5.41, 5.74) is 0. The molecule has 0 bridgehead atoms. The smallest absolute Gasteiger partial charge is 0.267 e. The number of quaternary nitrogens is 1. The van der Waals surface area contributed by atoms with E-state index in [1.807, 2.05) is 0 Å². The highest BCUT2D eigenvalue weighted by atomic mass is 31.2. The van der Waals surface area contributed by atoms with Crippen molar-refractivity contribution < 1.29 is 23.0 Å². The molecule has 0 heterocycles. The number of phosphoric acid groups is 1. The summed E-state index contributed by atoms with van der Waals surface area (Å²) in [6.45, 7) is 3.74. The highest BCUT2D eigenvalue weighted by Gasteiger charge is 2.10. The molecule has 0 aliphatic carbocycles. The zero-order chi connectivity index (χ0) is 21.8. The van der Waals surface area contributed by atoms with E-state index in [0.29, 0.717) is 0 Å². The molecule has 0 amide bonds. The minimum atomic E-state index is -4.11. The largest absolute Gasteiger partial charge is 0.756 e. The standard InChI is InChI=1S/C23H50NO4P/c1-5-6-7-8-9-10-11-12-13-14-15-16-17-19-22-27-29(25,26)28-23-20-18-21-24(2,3)4/h5-23H2,1-4H3. The van der Waals surface area contributed by atoms with Crippen molar-refractivity contribution >= 4 is 7.82 Å². The molecule has 5 nitrogen and oxygen atoms in total. The third-order valence-corrected chi connectivity index (χ3v) is 6.22. The molecule has 0 aromatic rings. The molecule has 0 rings (SSSR count). The van der Waals surface area contributed by atoms with Crippen LogP contribution < -0.4 is 4.89 Å². The zero-order valence-corrected chi connectivity index (χ0v) is 20.9. The van der Waals surface area contributed by atoms with Crippen LogP contribution in [0, 0.1) is 0 Å². The molecule has 1 atom stereocenters. The highest BCUT2D eigenvalue weighted by Crippen LogP contribution is 2.38. The normalized spacial score (nSPS) is 14.2. The van der Waals surface area contributed by atoms with Gasteiger partial charge in [0.2, 0.25) is 0 Å².